The maximum atomic E-state index is 13.0. The standard InChI is InChI=1S/C22H18ClN5O4S/c1-13-4-5-14(2)17(12-13)28-20(29)18(23)19(21(28)30)26-15-6-8-16(9-7-15)33(31,32)27-22-24-10-3-11-25-22/h3-12,26H,1-2H3,(H,24,25,27). The van der Waals surface area contributed by atoms with E-state index in [1.807, 2.05) is 19.1 Å². The summed E-state index contributed by atoms with van der Waals surface area (Å²) in [5.74, 6) is -1.29. The molecule has 0 atom stereocenters. The van der Waals surface area contributed by atoms with Gasteiger partial charge in [-0.1, -0.05) is 23.7 Å². The van der Waals surface area contributed by atoms with Crippen molar-refractivity contribution in [1.82, 2.24) is 9.97 Å². The van der Waals surface area contributed by atoms with Crippen LogP contribution in [0.25, 0.3) is 0 Å². The zero-order chi connectivity index (χ0) is 23.8. The van der Waals surface area contributed by atoms with Crippen LogP contribution in [0.1, 0.15) is 11.1 Å². The molecule has 0 saturated heterocycles. The number of halogens is 1. The van der Waals surface area contributed by atoms with Gasteiger partial charge in [-0.3, -0.25) is 9.59 Å². The molecule has 2 amide bonds. The molecule has 0 spiro atoms. The van der Waals surface area contributed by atoms with Crippen LogP contribution in [-0.4, -0.2) is 30.2 Å². The van der Waals surface area contributed by atoms with E-state index in [9.17, 15) is 18.0 Å². The highest BCUT2D eigenvalue weighted by Gasteiger charge is 2.39. The van der Waals surface area contributed by atoms with Gasteiger partial charge in [0.1, 0.15) is 10.7 Å². The number of aryl methyl sites for hydroxylation is 2. The molecule has 1 aromatic heterocycles. The predicted molar refractivity (Wildman–Crippen MR) is 124 cm³/mol. The van der Waals surface area contributed by atoms with Gasteiger partial charge in [-0.15, -0.1) is 0 Å². The van der Waals surface area contributed by atoms with Crippen molar-refractivity contribution < 1.29 is 18.0 Å². The number of carbonyl (C=O) groups is 2. The lowest BCUT2D eigenvalue weighted by Gasteiger charge is -2.18. The van der Waals surface area contributed by atoms with Crippen LogP contribution in [-0.2, 0) is 19.6 Å². The van der Waals surface area contributed by atoms with Gasteiger partial charge in [0.05, 0.1) is 10.6 Å². The van der Waals surface area contributed by atoms with Gasteiger partial charge in [-0.25, -0.2) is 28.0 Å². The minimum atomic E-state index is -3.91. The Hall–Kier alpha value is -3.76. The van der Waals surface area contributed by atoms with Crippen molar-refractivity contribution in [3.05, 3.63) is 82.8 Å². The van der Waals surface area contributed by atoms with E-state index < -0.39 is 21.8 Å². The molecule has 3 aromatic rings. The Morgan fingerprint density at radius 3 is 2.27 bits per heavy atom. The number of amides is 2. The number of rotatable bonds is 6. The van der Waals surface area contributed by atoms with E-state index in [-0.39, 0.29) is 21.6 Å². The molecule has 0 aliphatic carbocycles. The first-order chi connectivity index (χ1) is 15.7. The number of nitrogens with zero attached hydrogens (tertiary/aromatic N) is 3. The zero-order valence-corrected chi connectivity index (χ0v) is 19.1. The molecule has 1 aliphatic rings. The number of imide groups is 1. The summed E-state index contributed by atoms with van der Waals surface area (Å²) in [5.41, 5.74) is 2.38. The average Bonchev–Trinajstić information content (AvgIpc) is 2.99. The Kier molecular flexibility index (Phi) is 5.88. The van der Waals surface area contributed by atoms with E-state index in [2.05, 4.69) is 20.0 Å². The van der Waals surface area contributed by atoms with Gasteiger partial charge in [0, 0.05) is 18.1 Å². The van der Waals surface area contributed by atoms with Crippen molar-refractivity contribution in [3.8, 4) is 0 Å². The summed E-state index contributed by atoms with van der Waals surface area (Å²) < 4.78 is 27.3. The number of carbonyl (C=O) groups excluding carboxylic acids is 2. The van der Waals surface area contributed by atoms with Crippen LogP contribution in [0.4, 0.5) is 17.3 Å². The molecule has 11 heteroatoms. The van der Waals surface area contributed by atoms with E-state index >= 15 is 0 Å². The second kappa shape index (κ2) is 8.64. The SMILES string of the molecule is Cc1ccc(C)c(N2C(=O)C(Cl)=C(Nc3ccc(S(=O)(=O)Nc4ncccn4)cc3)C2=O)c1. The molecule has 2 aromatic carbocycles. The van der Waals surface area contributed by atoms with Crippen LogP contribution in [0.5, 0.6) is 0 Å². The Balaban J connectivity index is 1.55. The quantitative estimate of drug-likeness (QED) is 0.516. The lowest BCUT2D eigenvalue weighted by atomic mass is 10.1. The first kappa shape index (κ1) is 22.4. The smallest absolute Gasteiger partial charge is 0.283 e. The molecule has 4 rings (SSSR count). The van der Waals surface area contributed by atoms with Crippen LogP contribution < -0.4 is 14.9 Å². The van der Waals surface area contributed by atoms with Gasteiger partial charge in [-0.2, -0.15) is 0 Å². The third-order valence-corrected chi connectivity index (χ3v) is 6.55. The number of aromatic nitrogens is 2. The predicted octanol–water partition coefficient (Wildman–Crippen LogP) is 3.33. The molecule has 2 N–H and O–H groups in total. The number of anilines is 3. The van der Waals surface area contributed by atoms with E-state index in [0.29, 0.717) is 11.4 Å². The number of benzene rings is 2. The molecule has 9 nitrogen and oxygen atoms in total. The maximum absolute atomic E-state index is 13.0. The summed E-state index contributed by atoms with van der Waals surface area (Å²) in [6.45, 7) is 3.65. The molecule has 0 saturated carbocycles. The molecule has 0 radical (unpaired) electrons. The number of hydrogen-bond donors (Lipinski definition) is 2. The van der Waals surface area contributed by atoms with E-state index in [4.69, 9.17) is 11.6 Å². The first-order valence-corrected chi connectivity index (χ1v) is 11.6. The van der Waals surface area contributed by atoms with Crippen LogP contribution in [0.2, 0.25) is 0 Å². The van der Waals surface area contributed by atoms with E-state index in [1.54, 1.807) is 19.1 Å². The summed E-state index contributed by atoms with van der Waals surface area (Å²) in [6, 6.07) is 12.6. The van der Waals surface area contributed by atoms with Gasteiger partial charge in [0.25, 0.3) is 21.8 Å². The molecular formula is C22H18ClN5O4S. The fourth-order valence-corrected chi connectivity index (χ4v) is 4.35. The van der Waals surface area contributed by atoms with Crippen molar-refractivity contribution in [2.45, 2.75) is 18.7 Å². The van der Waals surface area contributed by atoms with E-state index in [0.717, 1.165) is 16.0 Å². The van der Waals surface area contributed by atoms with Crippen molar-refractivity contribution in [1.29, 1.82) is 0 Å². The monoisotopic (exact) mass is 483 g/mol. The number of nitrogens with one attached hydrogen (secondary N) is 2. The van der Waals surface area contributed by atoms with Crippen LogP contribution >= 0.6 is 11.6 Å². The Morgan fingerprint density at radius 1 is 0.939 bits per heavy atom. The molecule has 168 valence electrons. The normalized spacial score (nSPS) is 14.1. The highest BCUT2D eigenvalue weighted by Crippen LogP contribution is 2.32. The van der Waals surface area contributed by atoms with Gasteiger partial charge in [-0.05, 0) is 61.4 Å². The van der Waals surface area contributed by atoms with Crippen LogP contribution in [0.3, 0.4) is 0 Å². The maximum Gasteiger partial charge on any atom is 0.283 e. The van der Waals surface area contributed by atoms with E-state index in [1.165, 1.54) is 36.7 Å². The molecule has 0 fully saturated rings. The number of hydrogen-bond acceptors (Lipinski definition) is 7. The summed E-state index contributed by atoms with van der Waals surface area (Å²) in [4.78, 5) is 34.4. The summed E-state index contributed by atoms with van der Waals surface area (Å²) >= 11 is 6.19. The molecule has 0 unspecified atom stereocenters. The molecule has 33 heavy (non-hydrogen) atoms. The second-order valence-electron chi connectivity index (χ2n) is 7.25. The largest absolute Gasteiger partial charge is 0.350 e. The molecule has 1 aliphatic heterocycles. The number of sulfonamides is 1. The summed E-state index contributed by atoms with van der Waals surface area (Å²) in [6.07, 6.45) is 2.83. The topological polar surface area (TPSA) is 121 Å². The lowest BCUT2D eigenvalue weighted by molar-refractivity contribution is -0.120. The fourth-order valence-electron chi connectivity index (χ4n) is 3.18. The Morgan fingerprint density at radius 2 is 1.61 bits per heavy atom. The fraction of sp³-hybridized carbons (Fsp3) is 0.0909. The molecular weight excluding hydrogens is 466 g/mol. The summed E-state index contributed by atoms with van der Waals surface area (Å²) in [5, 5.41) is 2.58. The van der Waals surface area contributed by atoms with Gasteiger partial charge in [0.15, 0.2) is 0 Å². The highest BCUT2D eigenvalue weighted by atomic mass is 35.5. The van der Waals surface area contributed by atoms with Crippen LogP contribution in [0, 0.1) is 13.8 Å². The minimum absolute atomic E-state index is 0.0357. The minimum Gasteiger partial charge on any atom is -0.350 e. The first-order valence-electron chi connectivity index (χ1n) is 9.70. The Bertz CT molecular complexity index is 1390. The second-order valence-corrected chi connectivity index (χ2v) is 9.31. The van der Waals surface area contributed by atoms with Gasteiger partial charge >= 0.3 is 0 Å². The van der Waals surface area contributed by atoms with Gasteiger partial charge < -0.3 is 5.32 Å². The lowest BCUT2D eigenvalue weighted by Crippen LogP contribution is -2.32. The van der Waals surface area contributed by atoms with Crippen molar-refractivity contribution in [2.75, 3.05) is 14.9 Å². The van der Waals surface area contributed by atoms with Crippen molar-refractivity contribution in [3.63, 3.8) is 0 Å². The van der Waals surface area contributed by atoms with Crippen molar-refractivity contribution >= 4 is 50.8 Å². The van der Waals surface area contributed by atoms with Crippen LogP contribution in [0.15, 0.2) is 76.5 Å². The van der Waals surface area contributed by atoms with Crippen molar-refractivity contribution in [2.24, 2.45) is 0 Å². The molecule has 0 bridgehead atoms. The zero-order valence-electron chi connectivity index (χ0n) is 17.5. The van der Waals surface area contributed by atoms with Gasteiger partial charge in [0.2, 0.25) is 5.95 Å². The Labute approximate surface area is 195 Å². The highest BCUT2D eigenvalue weighted by molar-refractivity contribution is 7.92. The average molecular weight is 484 g/mol. The third kappa shape index (κ3) is 4.43. The molecule has 2 heterocycles. The third-order valence-electron chi connectivity index (χ3n) is 4.86. The summed E-state index contributed by atoms with van der Waals surface area (Å²) in [7, 11) is -3.91.